The molecule has 5 nitrogen and oxygen atoms in total. The van der Waals surface area contributed by atoms with Crippen LogP contribution >= 0.6 is 0 Å². The predicted molar refractivity (Wildman–Crippen MR) is 96.9 cm³/mol. The molecule has 0 spiro atoms. The van der Waals surface area contributed by atoms with Crippen LogP contribution in [-0.2, 0) is 11.3 Å². The van der Waals surface area contributed by atoms with Crippen LogP contribution in [0, 0.1) is 5.92 Å². The fraction of sp³-hybridized carbons (Fsp3) is 0.632. The van der Waals surface area contributed by atoms with Crippen LogP contribution < -0.4 is 10.5 Å². The quantitative estimate of drug-likeness (QED) is 0.830. The van der Waals surface area contributed by atoms with Gasteiger partial charge in [-0.25, -0.2) is 0 Å². The average molecular weight is 333 g/mol. The molecule has 0 aliphatic carbocycles. The first-order valence-electron chi connectivity index (χ1n) is 8.98. The highest BCUT2D eigenvalue weighted by atomic mass is 16.5. The number of rotatable bonds is 7. The highest BCUT2D eigenvalue weighted by Crippen LogP contribution is 2.15. The summed E-state index contributed by atoms with van der Waals surface area (Å²) >= 11 is 0. The molecule has 24 heavy (non-hydrogen) atoms. The molecule has 2 rings (SSSR count). The molecular weight excluding hydrogens is 302 g/mol. The van der Waals surface area contributed by atoms with Crippen LogP contribution in [0.1, 0.15) is 32.8 Å². The van der Waals surface area contributed by atoms with E-state index in [2.05, 4.69) is 30.9 Å². The van der Waals surface area contributed by atoms with Gasteiger partial charge in [-0.3, -0.25) is 9.69 Å². The lowest BCUT2D eigenvalue weighted by Gasteiger charge is -2.36. The Morgan fingerprint density at radius 1 is 1.17 bits per heavy atom. The number of carbonyl (C=O) groups excluding carboxylic acids is 1. The van der Waals surface area contributed by atoms with Gasteiger partial charge in [-0.15, -0.1) is 0 Å². The first-order chi connectivity index (χ1) is 11.5. The maximum Gasteiger partial charge on any atom is 0.239 e. The lowest BCUT2D eigenvalue weighted by atomic mass is 10.0. The molecule has 0 aromatic heterocycles. The van der Waals surface area contributed by atoms with Crippen molar-refractivity contribution in [1.82, 2.24) is 9.80 Å². The zero-order valence-corrected chi connectivity index (χ0v) is 15.2. The van der Waals surface area contributed by atoms with Crippen molar-refractivity contribution >= 4 is 5.91 Å². The Bertz CT molecular complexity index is 508. The fourth-order valence-corrected chi connectivity index (χ4v) is 3.09. The van der Waals surface area contributed by atoms with Crippen LogP contribution in [-0.4, -0.2) is 54.5 Å². The van der Waals surface area contributed by atoms with Crippen LogP contribution in [0.4, 0.5) is 0 Å². The molecule has 0 unspecified atom stereocenters. The molecule has 1 saturated heterocycles. The molecule has 1 atom stereocenters. The second kappa shape index (κ2) is 9.04. The maximum absolute atomic E-state index is 12.4. The van der Waals surface area contributed by atoms with E-state index in [9.17, 15) is 4.79 Å². The SMILES string of the molecule is CCOc1ccc(CN2CCN(C(=O)[C@@H](N)CC(C)C)CC2)cc1. The highest BCUT2D eigenvalue weighted by Gasteiger charge is 2.25. The Morgan fingerprint density at radius 2 is 1.79 bits per heavy atom. The second-order valence-electron chi connectivity index (χ2n) is 6.91. The summed E-state index contributed by atoms with van der Waals surface area (Å²) in [5.74, 6) is 1.46. The molecule has 0 radical (unpaired) electrons. The molecule has 134 valence electrons. The lowest BCUT2D eigenvalue weighted by Crippen LogP contribution is -2.53. The number of ether oxygens (including phenoxy) is 1. The molecule has 1 amide bonds. The molecule has 1 fully saturated rings. The van der Waals surface area contributed by atoms with Crippen molar-refractivity contribution in [3.8, 4) is 5.75 Å². The van der Waals surface area contributed by atoms with E-state index in [0.717, 1.165) is 44.9 Å². The second-order valence-corrected chi connectivity index (χ2v) is 6.91. The first-order valence-corrected chi connectivity index (χ1v) is 8.98. The summed E-state index contributed by atoms with van der Waals surface area (Å²) in [5.41, 5.74) is 7.30. The molecule has 0 saturated carbocycles. The van der Waals surface area contributed by atoms with Crippen LogP contribution in [0.5, 0.6) is 5.75 Å². The van der Waals surface area contributed by atoms with Crippen molar-refractivity contribution in [3.05, 3.63) is 29.8 Å². The highest BCUT2D eigenvalue weighted by molar-refractivity contribution is 5.81. The molecule has 1 heterocycles. The third kappa shape index (κ3) is 5.49. The molecule has 5 heteroatoms. The standard InChI is InChI=1S/C19H31N3O2/c1-4-24-17-7-5-16(6-8-17)14-21-9-11-22(12-10-21)19(23)18(20)13-15(2)3/h5-8,15,18H,4,9-14,20H2,1-3H3/t18-/m0/s1. The Hall–Kier alpha value is -1.59. The average Bonchev–Trinajstić information content (AvgIpc) is 2.56. The molecule has 0 bridgehead atoms. The minimum absolute atomic E-state index is 0.101. The Morgan fingerprint density at radius 3 is 2.33 bits per heavy atom. The number of nitrogens with two attached hydrogens (primary N) is 1. The Kier molecular flexibility index (Phi) is 7.06. The third-order valence-corrected chi connectivity index (χ3v) is 4.37. The summed E-state index contributed by atoms with van der Waals surface area (Å²) in [5, 5.41) is 0. The van der Waals surface area contributed by atoms with Gasteiger partial charge >= 0.3 is 0 Å². The lowest BCUT2D eigenvalue weighted by molar-refractivity contribution is -0.134. The normalized spacial score (nSPS) is 17.1. The number of carbonyl (C=O) groups is 1. The van der Waals surface area contributed by atoms with Gasteiger partial charge in [0.05, 0.1) is 12.6 Å². The van der Waals surface area contributed by atoms with Gasteiger partial charge in [0.2, 0.25) is 5.91 Å². The topological polar surface area (TPSA) is 58.8 Å². The van der Waals surface area contributed by atoms with Gasteiger partial charge in [-0.2, -0.15) is 0 Å². The monoisotopic (exact) mass is 333 g/mol. The van der Waals surface area contributed by atoms with E-state index >= 15 is 0 Å². The van der Waals surface area contributed by atoms with E-state index < -0.39 is 0 Å². The smallest absolute Gasteiger partial charge is 0.239 e. The van der Waals surface area contributed by atoms with Gasteiger partial charge in [0.25, 0.3) is 0 Å². The van der Waals surface area contributed by atoms with E-state index in [0.29, 0.717) is 12.5 Å². The van der Waals surface area contributed by atoms with Gasteiger partial charge in [0.1, 0.15) is 5.75 Å². The van der Waals surface area contributed by atoms with Crippen molar-refractivity contribution in [3.63, 3.8) is 0 Å². The minimum Gasteiger partial charge on any atom is -0.494 e. The summed E-state index contributed by atoms with van der Waals surface area (Å²) in [7, 11) is 0. The molecule has 1 aromatic rings. The third-order valence-electron chi connectivity index (χ3n) is 4.37. The van der Waals surface area contributed by atoms with Gasteiger partial charge in [0.15, 0.2) is 0 Å². The van der Waals surface area contributed by atoms with Crippen LogP contribution in [0.3, 0.4) is 0 Å². The summed E-state index contributed by atoms with van der Waals surface area (Å²) in [6.45, 7) is 11.1. The summed E-state index contributed by atoms with van der Waals surface area (Å²) < 4.78 is 5.47. The fourth-order valence-electron chi connectivity index (χ4n) is 3.09. The van der Waals surface area contributed by atoms with E-state index in [1.54, 1.807) is 0 Å². The van der Waals surface area contributed by atoms with E-state index in [4.69, 9.17) is 10.5 Å². The molecular formula is C19H31N3O2. The van der Waals surface area contributed by atoms with Crippen molar-refractivity contribution in [2.75, 3.05) is 32.8 Å². The zero-order valence-electron chi connectivity index (χ0n) is 15.2. The molecule has 1 aromatic carbocycles. The van der Waals surface area contributed by atoms with E-state index in [-0.39, 0.29) is 11.9 Å². The van der Waals surface area contributed by atoms with E-state index in [1.807, 2.05) is 24.0 Å². The minimum atomic E-state index is -0.359. The van der Waals surface area contributed by atoms with Crippen molar-refractivity contribution in [2.24, 2.45) is 11.7 Å². The number of hydrogen-bond acceptors (Lipinski definition) is 4. The zero-order chi connectivity index (χ0) is 17.5. The van der Waals surface area contributed by atoms with Crippen molar-refractivity contribution in [2.45, 2.75) is 39.8 Å². The van der Waals surface area contributed by atoms with Crippen molar-refractivity contribution in [1.29, 1.82) is 0 Å². The molecule has 1 aliphatic heterocycles. The maximum atomic E-state index is 12.4. The summed E-state index contributed by atoms with van der Waals surface area (Å²) in [6.07, 6.45) is 0.755. The molecule has 1 aliphatic rings. The van der Waals surface area contributed by atoms with Gasteiger partial charge in [-0.1, -0.05) is 26.0 Å². The predicted octanol–water partition coefficient (Wildman–Crippen LogP) is 2.10. The first kappa shape index (κ1) is 18.7. The van der Waals surface area contributed by atoms with Crippen molar-refractivity contribution < 1.29 is 9.53 Å². The molecule has 2 N–H and O–H groups in total. The Balaban J connectivity index is 1.79. The Labute approximate surface area is 145 Å². The van der Waals surface area contributed by atoms with Gasteiger partial charge in [-0.05, 0) is 37.0 Å². The van der Waals surface area contributed by atoms with Gasteiger partial charge < -0.3 is 15.4 Å². The number of hydrogen-bond donors (Lipinski definition) is 1. The van der Waals surface area contributed by atoms with Crippen LogP contribution in [0.15, 0.2) is 24.3 Å². The number of amides is 1. The number of piperazine rings is 1. The number of nitrogens with zero attached hydrogens (tertiary/aromatic N) is 2. The summed E-state index contributed by atoms with van der Waals surface area (Å²) in [4.78, 5) is 16.7. The van der Waals surface area contributed by atoms with Gasteiger partial charge in [0, 0.05) is 32.7 Å². The van der Waals surface area contributed by atoms with Crippen LogP contribution in [0.25, 0.3) is 0 Å². The van der Waals surface area contributed by atoms with Crippen LogP contribution in [0.2, 0.25) is 0 Å². The largest absolute Gasteiger partial charge is 0.494 e. The van der Waals surface area contributed by atoms with E-state index in [1.165, 1.54) is 5.56 Å². The number of benzene rings is 1. The summed E-state index contributed by atoms with van der Waals surface area (Å²) in [6, 6.07) is 7.90.